The predicted molar refractivity (Wildman–Crippen MR) is 349 cm³/mol. The highest BCUT2D eigenvalue weighted by atomic mass is 28.4. The number of aryl methyl sites for hydroxylation is 1. The van der Waals surface area contributed by atoms with Crippen LogP contribution in [0, 0.1) is 0 Å². The summed E-state index contributed by atoms with van der Waals surface area (Å²) in [5.74, 6) is -1.14. The molecule has 84 heavy (non-hydrogen) atoms. The van der Waals surface area contributed by atoms with Gasteiger partial charge in [0.15, 0.2) is 33.3 Å². The molecule has 0 atom stereocenters. The van der Waals surface area contributed by atoms with Crippen LogP contribution in [0.3, 0.4) is 0 Å². The molecule has 0 unspecified atom stereocenters. The topological polar surface area (TPSA) is 171 Å². The quantitative estimate of drug-likeness (QED) is 0.0207. The Balaban J connectivity index is 0.00000137. The predicted octanol–water partition coefficient (Wildman–Crippen LogP) is 14.2. The number of rotatable bonds is 36. The average molecular weight is 1250 g/mol. The number of ether oxygens (including phenoxy) is 9. The van der Waals surface area contributed by atoms with Crippen LogP contribution in [-0.4, -0.2) is 152 Å². The Morgan fingerprint density at radius 2 is 0.690 bits per heavy atom. The maximum absolute atomic E-state index is 11.1. The lowest BCUT2D eigenvalue weighted by atomic mass is 10.0. The molecule has 20 heteroatoms. The number of methoxy groups -OCH3 is 3. The van der Waals surface area contributed by atoms with E-state index in [9.17, 15) is 14.4 Å². The van der Waals surface area contributed by atoms with Crippen molar-refractivity contribution in [2.75, 3.05) is 101 Å². The van der Waals surface area contributed by atoms with Crippen LogP contribution in [0.5, 0.6) is 0 Å². The van der Waals surface area contributed by atoms with Crippen LogP contribution >= 0.6 is 0 Å². The smallest absolute Gasteiger partial charge is 0.331 e. The number of esters is 3. The molecular weight excluding hydrogens is 1140 g/mol. The second-order valence-corrected chi connectivity index (χ2v) is 46.1. The number of hydrogen-bond donors (Lipinski definition) is 0. The molecule has 0 amide bonds. The van der Waals surface area contributed by atoms with E-state index >= 15 is 0 Å². The van der Waals surface area contributed by atoms with Gasteiger partial charge in [-0.1, -0.05) is 126 Å². The van der Waals surface area contributed by atoms with Crippen LogP contribution in [-0.2, 0) is 108 Å². The fourth-order valence-electron chi connectivity index (χ4n) is 6.11. The van der Waals surface area contributed by atoms with Crippen LogP contribution in [0.2, 0.25) is 72.5 Å². The molecule has 2 rings (SSSR count). The fraction of sp³-hybridized carbons (Fsp3) is 0.703. The maximum Gasteiger partial charge on any atom is 0.331 e. The summed E-state index contributed by atoms with van der Waals surface area (Å²) >= 11 is 0. The van der Waals surface area contributed by atoms with E-state index < -0.39 is 33.3 Å². The Morgan fingerprint density at radius 3 is 1.00 bits per heavy atom. The van der Waals surface area contributed by atoms with Crippen LogP contribution < -0.4 is 0 Å². The number of carbonyl (C=O) groups is 3. The third-order valence-electron chi connectivity index (χ3n) is 15.8. The molecule has 0 N–H and O–H groups in total. The average Bonchev–Trinajstić information content (AvgIpc) is 3.11. The highest BCUT2D eigenvalue weighted by Gasteiger charge is 2.40. The van der Waals surface area contributed by atoms with Crippen molar-refractivity contribution in [3.8, 4) is 0 Å². The van der Waals surface area contributed by atoms with E-state index in [1.54, 1.807) is 6.08 Å². The van der Waals surface area contributed by atoms with Gasteiger partial charge in [0, 0.05) is 6.61 Å². The lowest BCUT2D eigenvalue weighted by Gasteiger charge is -2.36. The van der Waals surface area contributed by atoms with Gasteiger partial charge in [-0.25, -0.2) is 14.4 Å². The van der Waals surface area contributed by atoms with Gasteiger partial charge in [0.2, 0.25) is 0 Å². The second-order valence-electron chi connectivity index (χ2n) is 26.9. The summed E-state index contributed by atoms with van der Waals surface area (Å²) in [6.45, 7) is 55.4. The van der Waals surface area contributed by atoms with Gasteiger partial charge in [0.05, 0.1) is 101 Å². The van der Waals surface area contributed by atoms with Crippen molar-refractivity contribution in [2.24, 2.45) is 0 Å². The van der Waals surface area contributed by atoms with Crippen molar-refractivity contribution in [3.05, 3.63) is 88.5 Å². The third kappa shape index (κ3) is 35.0. The van der Waals surface area contributed by atoms with Crippen molar-refractivity contribution in [1.82, 2.24) is 0 Å². The zero-order chi connectivity index (χ0) is 64.5. The molecule has 2 aromatic rings. The van der Waals surface area contributed by atoms with Crippen LogP contribution in [0.15, 0.2) is 55.1 Å². The summed E-state index contributed by atoms with van der Waals surface area (Å²) in [5.41, 5.74) is 7.13. The summed E-state index contributed by atoms with van der Waals surface area (Å²) in [6.07, 6.45) is 7.55. The van der Waals surface area contributed by atoms with Crippen molar-refractivity contribution < 1.29 is 74.7 Å². The standard InChI is InChI=1S/C28H52O6Si2.C28H50O6Si2.C8H14O4/c2*1-27(2,3)35(8,9)33-20-24-17-23(13-12-14-31-15-16-32-22-26(29)30-7)18-25(19-24)21-34-36(10,11)28(4,5)6;1-3-4-11-5-6-12-7-8(9)10-2/h17-19H,12-16,20-22H2,1-11H3;12-13,17-19H,14-16,20-22H2,1-11H3;3H,1,4-7H2,2H3/b;13-12+;. The molecule has 0 bridgehead atoms. The monoisotopic (exact) mass is 1250 g/mol. The normalized spacial score (nSPS) is 12.8. The SMILES string of the molecule is C=CCOCCOCC(=O)OC.COC(=O)COCCOC/C=C/c1cc(CO[Si](C)(C)C(C)(C)C)cc(CO[Si](C)(C)C(C)(C)C)c1.COC(=O)COCCOCCCc1cc(CO[Si](C)(C)C(C)(C)C)cc(CO[Si](C)(C)C(C)(C)C)c1. The van der Waals surface area contributed by atoms with E-state index in [0.29, 0.717) is 85.9 Å². The Kier molecular flexibility index (Phi) is 38.1. The van der Waals surface area contributed by atoms with E-state index in [4.69, 9.17) is 46.1 Å². The number of benzene rings is 2. The Morgan fingerprint density at radius 1 is 0.405 bits per heavy atom. The molecule has 484 valence electrons. The lowest BCUT2D eigenvalue weighted by molar-refractivity contribution is -0.147. The van der Waals surface area contributed by atoms with Gasteiger partial charge in [-0.15, -0.1) is 6.58 Å². The van der Waals surface area contributed by atoms with Gasteiger partial charge in [0.25, 0.3) is 0 Å². The minimum absolute atomic E-state index is 0.0199. The first kappa shape index (κ1) is 80.8. The molecule has 0 saturated heterocycles. The van der Waals surface area contributed by atoms with Gasteiger partial charge >= 0.3 is 17.9 Å². The molecule has 0 radical (unpaired) electrons. The molecule has 0 aliphatic carbocycles. The summed E-state index contributed by atoms with van der Waals surface area (Å²) in [5, 5.41) is 0.682. The third-order valence-corrected chi connectivity index (χ3v) is 33.7. The maximum atomic E-state index is 11.1. The zero-order valence-corrected chi connectivity index (χ0v) is 60.7. The van der Waals surface area contributed by atoms with Crippen molar-refractivity contribution in [2.45, 2.75) is 195 Å². The zero-order valence-electron chi connectivity index (χ0n) is 56.7. The Bertz CT molecular complexity index is 2120. The molecule has 0 aliphatic rings. The van der Waals surface area contributed by atoms with Gasteiger partial charge in [-0.2, -0.15) is 0 Å². The molecule has 0 aromatic heterocycles. The highest BCUT2D eigenvalue weighted by Crippen LogP contribution is 2.40. The molecule has 0 heterocycles. The summed E-state index contributed by atoms with van der Waals surface area (Å²) in [6, 6.07) is 13.4. The number of hydrogen-bond acceptors (Lipinski definition) is 16. The van der Waals surface area contributed by atoms with Gasteiger partial charge in [-0.05, 0) is 131 Å². The number of carbonyl (C=O) groups excluding carboxylic acids is 3. The minimum Gasteiger partial charge on any atom is -0.467 e. The molecular formula is C64H116O16Si4. The van der Waals surface area contributed by atoms with Gasteiger partial charge in [0.1, 0.15) is 19.8 Å². The van der Waals surface area contributed by atoms with Crippen molar-refractivity contribution in [3.63, 3.8) is 0 Å². The molecule has 0 fully saturated rings. The van der Waals surface area contributed by atoms with Crippen molar-refractivity contribution >= 4 is 57.3 Å². The first-order valence-electron chi connectivity index (χ1n) is 29.5. The van der Waals surface area contributed by atoms with Crippen LogP contribution in [0.25, 0.3) is 6.08 Å². The Hall–Kier alpha value is -3.20. The van der Waals surface area contributed by atoms with E-state index in [2.05, 4.69) is 199 Å². The minimum atomic E-state index is -1.86. The van der Waals surface area contributed by atoms with Crippen molar-refractivity contribution in [1.29, 1.82) is 0 Å². The second kappa shape index (κ2) is 39.6. The van der Waals surface area contributed by atoms with Gasteiger partial charge in [-0.3, -0.25) is 0 Å². The van der Waals surface area contributed by atoms with E-state index in [1.165, 1.54) is 38.0 Å². The molecule has 2 aromatic carbocycles. The van der Waals surface area contributed by atoms with E-state index in [-0.39, 0.29) is 57.9 Å². The fourth-order valence-corrected chi connectivity index (χ4v) is 9.95. The lowest BCUT2D eigenvalue weighted by Crippen LogP contribution is -2.40. The summed E-state index contributed by atoms with van der Waals surface area (Å²) < 4.78 is 71.1. The van der Waals surface area contributed by atoms with Crippen LogP contribution in [0.1, 0.15) is 123 Å². The molecule has 0 saturated carbocycles. The van der Waals surface area contributed by atoms with E-state index in [0.717, 1.165) is 29.5 Å². The highest BCUT2D eigenvalue weighted by molar-refractivity contribution is 6.75. The van der Waals surface area contributed by atoms with Crippen LogP contribution in [0.4, 0.5) is 0 Å². The summed E-state index contributed by atoms with van der Waals surface area (Å²) in [7, 11) is -3.38. The molecule has 0 spiro atoms. The Labute approximate surface area is 513 Å². The van der Waals surface area contributed by atoms with E-state index in [1.807, 2.05) is 6.08 Å². The molecule has 16 nitrogen and oxygen atoms in total. The summed E-state index contributed by atoms with van der Waals surface area (Å²) in [4.78, 5) is 32.6. The largest absolute Gasteiger partial charge is 0.467 e. The first-order chi connectivity index (χ1) is 38.8. The first-order valence-corrected chi connectivity index (χ1v) is 41.2. The molecule has 0 aliphatic heterocycles. The van der Waals surface area contributed by atoms with Gasteiger partial charge < -0.3 is 60.3 Å².